The molecule has 1 aliphatic rings. The lowest BCUT2D eigenvalue weighted by molar-refractivity contribution is 0.372. The third kappa shape index (κ3) is 2.73. The molecule has 104 valence electrons. The SMILES string of the molecule is CCCNC(c1cncnc1)C1Cc2ccccc2C1. The fourth-order valence-electron chi connectivity index (χ4n) is 3.16. The van der Waals surface area contributed by atoms with Gasteiger partial charge in [-0.05, 0) is 42.9 Å². The highest BCUT2D eigenvalue weighted by atomic mass is 14.9. The average Bonchev–Trinajstić information content (AvgIpc) is 2.92. The molecule has 0 bridgehead atoms. The van der Waals surface area contributed by atoms with Crippen molar-refractivity contribution in [3.8, 4) is 0 Å². The van der Waals surface area contributed by atoms with Crippen molar-refractivity contribution in [1.29, 1.82) is 0 Å². The molecule has 0 saturated heterocycles. The zero-order chi connectivity index (χ0) is 13.8. The molecule has 0 spiro atoms. The fourth-order valence-corrected chi connectivity index (χ4v) is 3.16. The second-order valence-corrected chi connectivity index (χ2v) is 5.54. The quantitative estimate of drug-likeness (QED) is 0.905. The summed E-state index contributed by atoms with van der Waals surface area (Å²) in [7, 11) is 0. The molecule has 0 radical (unpaired) electrons. The molecule has 3 rings (SSSR count). The van der Waals surface area contributed by atoms with E-state index < -0.39 is 0 Å². The monoisotopic (exact) mass is 267 g/mol. The molecule has 0 aliphatic heterocycles. The minimum atomic E-state index is 0.351. The standard InChI is InChI=1S/C17H21N3/c1-2-7-20-17(16-10-18-12-19-11-16)15-8-13-5-3-4-6-14(13)9-15/h3-6,10-12,15,17,20H,2,7-9H2,1H3. The zero-order valence-electron chi connectivity index (χ0n) is 11.9. The fraction of sp³-hybridized carbons (Fsp3) is 0.412. The Morgan fingerprint density at radius 3 is 2.40 bits per heavy atom. The summed E-state index contributed by atoms with van der Waals surface area (Å²) in [6.45, 7) is 3.24. The van der Waals surface area contributed by atoms with E-state index in [1.165, 1.54) is 16.7 Å². The van der Waals surface area contributed by atoms with Crippen LogP contribution in [0.5, 0.6) is 0 Å². The molecule has 1 atom stereocenters. The van der Waals surface area contributed by atoms with Gasteiger partial charge in [0.25, 0.3) is 0 Å². The van der Waals surface area contributed by atoms with Crippen molar-refractivity contribution in [3.05, 3.63) is 59.7 Å². The van der Waals surface area contributed by atoms with E-state index in [0.717, 1.165) is 25.8 Å². The van der Waals surface area contributed by atoms with Crippen LogP contribution in [-0.2, 0) is 12.8 Å². The number of hydrogen-bond donors (Lipinski definition) is 1. The van der Waals surface area contributed by atoms with E-state index in [0.29, 0.717) is 12.0 Å². The van der Waals surface area contributed by atoms with Crippen molar-refractivity contribution in [2.45, 2.75) is 32.2 Å². The van der Waals surface area contributed by atoms with Gasteiger partial charge in [-0.3, -0.25) is 0 Å². The average molecular weight is 267 g/mol. The number of hydrogen-bond acceptors (Lipinski definition) is 3. The minimum absolute atomic E-state index is 0.351. The predicted molar refractivity (Wildman–Crippen MR) is 80.4 cm³/mol. The van der Waals surface area contributed by atoms with Crippen molar-refractivity contribution < 1.29 is 0 Å². The second-order valence-electron chi connectivity index (χ2n) is 5.54. The van der Waals surface area contributed by atoms with Gasteiger partial charge in [-0.15, -0.1) is 0 Å². The molecule has 1 aliphatic carbocycles. The molecule has 2 aromatic rings. The van der Waals surface area contributed by atoms with Crippen LogP contribution in [0.2, 0.25) is 0 Å². The molecule has 20 heavy (non-hydrogen) atoms. The van der Waals surface area contributed by atoms with Crippen molar-refractivity contribution in [2.75, 3.05) is 6.54 Å². The first-order valence-electron chi connectivity index (χ1n) is 7.43. The van der Waals surface area contributed by atoms with Crippen LogP contribution in [0.3, 0.4) is 0 Å². The van der Waals surface area contributed by atoms with Gasteiger partial charge < -0.3 is 5.32 Å². The van der Waals surface area contributed by atoms with Gasteiger partial charge in [0.2, 0.25) is 0 Å². The summed E-state index contributed by atoms with van der Waals surface area (Å²) in [6.07, 6.45) is 8.93. The first-order valence-corrected chi connectivity index (χ1v) is 7.43. The first kappa shape index (κ1) is 13.3. The van der Waals surface area contributed by atoms with E-state index in [2.05, 4.69) is 46.5 Å². The van der Waals surface area contributed by atoms with Gasteiger partial charge in [0.15, 0.2) is 0 Å². The van der Waals surface area contributed by atoms with Crippen LogP contribution in [0.15, 0.2) is 43.0 Å². The normalized spacial score (nSPS) is 16.1. The Morgan fingerprint density at radius 1 is 1.15 bits per heavy atom. The van der Waals surface area contributed by atoms with Crippen LogP contribution in [-0.4, -0.2) is 16.5 Å². The van der Waals surface area contributed by atoms with Gasteiger partial charge in [-0.25, -0.2) is 9.97 Å². The van der Waals surface area contributed by atoms with Crippen LogP contribution < -0.4 is 5.32 Å². The van der Waals surface area contributed by atoms with Gasteiger partial charge in [0.05, 0.1) is 0 Å². The van der Waals surface area contributed by atoms with Crippen LogP contribution in [0, 0.1) is 5.92 Å². The van der Waals surface area contributed by atoms with E-state index in [9.17, 15) is 0 Å². The number of nitrogens with one attached hydrogen (secondary N) is 1. The molecule has 1 unspecified atom stereocenters. The van der Waals surface area contributed by atoms with E-state index in [-0.39, 0.29) is 0 Å². The Hall–Kier alpha value is -1.74. The summed E-state index contributed by atoms with van der Waals surface area (Å²) in [4.78, 5) is 8.37. The first-order chi connectivity index (χ1) is 9.88. The summed E-state index contributed by atoms with van der Waals surface area (Å²) in [5.74, 6) is 0.602. The predicted octanol–water partition coefficient (Wildman–Crippen LogP) is 2.93. The largest absolute Gasteiger partial charge is 0.310 e. The maximum absolute atomic E-state index is 4.18. The number of benzene rings is 1. The van der Waals surface area contributed by atoms with E-state index in [1.54, 1.807) is 6.33 Å². The molecular formula is C17H21N3. The highest BCUT2D eigenvalue weighted by Gasteiger charge is 2.29. The maximum Gasteiger partial charge on any atom is 0.115 e. The van der Waals surface area contributed by atoms with Crippen molar-refractivity contribution in [2.24, 2.45) is 5.92 Å². The lowest BCUT2D eigenvalue weighted by atomic mass is 9.92. The molecule has 0 fully saturated rings. The molecule has 0 amide bonds. The maximum atomic E-state index is 4.18. The Kier molecular flexibility index (Phi) is 4.07. The lowest BCUT2D eigenvalue weighted by Crippen LogP contribution is -2.29. The molecule has 1 heterocycles. The van der Waals surface area contributed by atoms with Crippen LogP contribution >= 0.6 is 0 Å². The Bertz CT molecular complexity index is 528. The Labute approximate surface area is 120 Å². The second kappa shape index (κ2) is 6.14. The van der Waals surface area contributed by atoms with Crippen molar-refractivity contribution in [3.63, 3.8) is 0 Å². The molecule has 1 N–H and O–H groups in total. The Balaban J connectivity index is 1.81. The third-order valence-corrected chi connectivity index (χ3v) is 4.11. The molecular weight excluding hydrogens is 246 g/mol. The summed E-state index contributed by atoms with van der Waals surface area (Å²) in [5.41, 5.74) is 4.20. The number of aromatic nitrogens is 2. The topological polar surface area (TPSA) is 37.8 Å². The van der Waals surface area contributed by atoms with Gasteiger partial charge in [-0.1, -0.05) is 31.2 Å². The molecule has 3 heteroatoms. The van der Waals surface area contributed by atoms with Gasteiger partial charge in [-0.2, -0.15) is 0 Å². The summed E-state index contributed by atoms with van der Waals surface area (Å²) >= 11 is 0. The van der Waals surface area contributed by atoms with Crippen molar-refractivity contribution in [1.82, 2.24) is 15.3 Å². The smallest absolute Gasteiger partial charge is 0.115 e. The molecule has 3 nitrogen and oxygen atoms in total. The molecule has 1 aromatic carbocycles. The number of nitrogens with zero attached hydrogens (tertiary/aromatic N) is 2. The molecule has 1 aromatic heterocycles. The highest BCUT2D eigenvalue weighted by molar-refractivity contribution is 5.33. The van der Waals surface area contributed by atoms with Gasteiger partial charge in [0.1, 0.15) is 6.33 Å². The van der Waals surface area contributed by atoms with E-state index >= 15 is 0 Å². The number of rotatable bonds is 5. The summed E-state index contributed by atoms with van der Waals surface area (Å²) in [5, 5.41) is 3.68. The summed E-state index contributed by atoms with van der Waals surface area (Å²) in [6, 6.07) is 9.15. The minimum Gasteiger partial charge on any atom is -0.310 e. The highest BCUT2D eigenvalue weighted by Crippen LogP contribution is 2.34. The van der Waals surface area contributed by atoms with Crippen molar-refractivity contribution >= 4 is 0 Å². The lowest BCUT2D eigenvalue weighted by Gasteiger charge is -2.24. The van der Waals surface area contributed by atoms with Crippen LogP contribution in [0.4, 0.5) is 0 Å². The van der Waals surface area contributed by atoms with Crippen LogP contribution in [0.25, 0.3) is 0 Å². The zero-order valence-corrected chi connectivity index (χ0v) is 11.9. The number of fused-ring (bicyclic) bond motifs is 1. The third-order valence-electron chi connectivity index (χ3n) is 4.11. The van der Waals surface area contributed by atoms with Gasteiger partial charge >= 0.3 is 0 Å². The van der Waals surface area contributed by atoms with Gasteiger partial charge in [0, 0.05) is 24.0 Å². The molecule has 0 saturated carbocycles. The van der Waals surface area contributed by atoms with E-state index in [4.69, 9.17) is 0 Å². The summed E-state index contributed by atoms with van der Waals surface area (Å²) < 4.78 is 0. The van der Waals surface area contributed by atoms with Crippen LogP contribution in [0.1, 0.15) is 36.1 Å². The van der Waals surface area contributed by atoms with E-state index in [1.807, 2.05) is 12.4 Å². The Morgan fingerprint density at radius 2 is 1.80 bits per heavy atom.